The number of nitrogens with one attached hydrogen (secondary N) is 1. The second-order valence-electron chi connectivity index (χ2n) is 3.71. The van der Waals surface area contributed by atoms with E-state index in [1.807, 2.05) is 0 Å². The first-order chi connectivity index (χ1) is 6.57. The summed E-state index contributed by atoms with van der Waals surface area (Å²) in [6, 6.07) is 2.15. The van der Waals surface area contributed by atoms with Gasteiger partial charge in [0.2, 0.25) is 0 Å². The largest absolute Gasteiger partial charge is 0.313 e. The summed E-state index contributed by atoms with van der Waals surface area (Å²) in [6.45, 7) is 10.3. The highest BCUT2D eigenvalue weighted by molar-refractivity contribution is 6.32. The third-order valence-corrected chi connectivity index (χ3v) is 3.17. The van der Waals surface area contributed by atoms with Crippen LogP contribution in [0, 0.1) is 20.8 Å². The summed E-state index contributed by atoms with van der Waals surface area (Å²) in [7, 11) is 0. The van der Waals surface area contributed by atoms with Crippen LogP contribution in [0.2, 0.25) is 5.02 Å². The topological polar surface area (TPSA) is 12.0 Å². The predicted molar refractivity (Wildman–Crippen MR) is 63.0 cm³/mol. The summed E-state index contributed by atoms with van der Waals surface area (Å²) < 4.78 is 0. The van der Waals surface area contributed by atoms with Gasteiger partial charge in [0.15, 0.2) is 0 Å². The van der Waals surface area contributed by atoms with Gasteiger partial charge in [-0.3, -0.25) is 0 Å². The number of aryl methyl sites for hydroxylation is 2. The summed E-state index contributed by atoms with van der Waals surface area (Å²) in [5.41, 5.74) is 5.04. The molecular weight excluding hydrogens is 194 g/mol. The van der Waals surface area contributed by atoms with E-state index in [2.05, 4.69) is 39.1 Å². The molecule has 0 heterocycles. The van der Waals surface area contributed by atoms with E-state index >= 15 is 0 Å². The first-order valence-electron chi connectivity index (χ1n) is 5.03. The molecule has 14 heavy (non-hydrogen) atoms. The van der Waals surface area contributed by atoms with Crippen molar-refractivity contribution in [2.24, 2.45) is 0 Å². The standard InChI is InChI=1S/C12H18ClN/c1-5-14-7-11-8(2)6-9(3)12(13)10(11)4/h6,14H,5,7H2,1-4H3. The molecule has 78 valence electrons. The van der Waals surface area contributed by atoms with Crippen molar-refractivity contribution in [2.45, 2.75) is 34.2 Å². The maximum absolute atomic E-state index is 6.21. The van der Waals surface area contributed by atoms with Crippen LogP contribution in [0.1, 0.15) is 29.2 Å². The monoisotopic (exact) mass is 211 g/mol. The lowest BCUT2D eigenvalue weighted by Crippen LogP contribution is -2.14. The van der Waals surface area contributed by atoms with Crippen LogP contribution < -0.4 is 5.32 Å². The van der Waals surface area contributed by atoms with Gasteiger partial charge in [-0.25, -0.2) is 0 Å². The minimum absolute atomic E-state index is 0.906. The second-order valence-corrected chi connectivity index (χ2v) is 4.09. The molecule has 1 aromatic rings. The fourth-order valence-corrected chi connectivity index (χ4v) is 1.89. The van der Waals surface area contributed by atoms with Crippen LogP contribution in [0.15, 0.2) is 6.07 Å². The summed E-state index contributed by atoms with van der Waals surface area (Å²) in [6.07, 6.45) is 0. The fourth-order valence-electron chi connectivity index (χ4n) is 1.72. The minimum Gasteiger partial charge on any atom is -0.313 e. The van der Waals surface area contributed by atoms with Crippen molar-refractivity contribution >= 4 is 11.6 Å². The van der Waals surface area contributed by atoms with E-state index < -0.39 is 0 Å². The van der Waals surface area contributed by atoms with E-state index in [-0.39, 0.29) is 0 Å². The average molecular weight is 212 g/mol. The van der Waals surface area contributed by atoms with Crippen LogP contribution in [0.25, 0.3) is 0 Å². The second kappa shape index (κ2) is 4.81. The van der Waals surface area contributed by atoms with Crippen LogP contribution in [0.4, 0.5) is 0 Å². The average Bonchev–Trinajstić information content (AvgIpc) is 2.14. The highest BCUT2D eigenvalue weighted by Crippen LogP contribution is 2.26. The number of rotatable bonds is 3. The van der Waals surface area contributed by atoms with Crippen LogP contribution in [0.5, 0.6) is 0 Å². The number of halogens is 1. The number of hydrogen-bond donors (Lipinski definition) is 1. The maximum Gasteiger partial charge on any atom is 0.0467 e. The van der Waals surface area contributed by atoms with E-state index in [9.17, 15) is 0 Å². The summed E-state index contributed by atoms with van der Waals surface area (Å²) >= 11 is 6.21. The van der Waals surface area contributed by atoms with Crippen molar-refractivity contribution in [3.05, 3.63) is 33.3 Å². The van der Waals surface area contributed by atoms with E-state index in [0.29, 0.717) is 0 Å². The first kappa shape index (κ1) is 11.5. The summed E-state index contributed by atoms with van der Waals surface area (Å²) in [5, 5.41) is 4.24. The lowest BCUT2D eigenvalue weighted by atomic mass is 9.99. The Balaban J connectivity index is 3.09. The van der Waals surface area contributed by atoms with Gasteiger partial charge in [0.05, 0.1) is 0 Å². The van der Waals surface area contributed by atoms with Gasteiger partial charge >= 0.3 is 0 Å². The number of hydrogen-bond acceptors (Lipinski definition) is 1. The molecule has 0 saturated heterocycles. The highest BCUT2D eigenvalue weighted by Gasteiger charge is 2.08. The smallest absolute Gasteiger partial charge is 0.0467 e. The molecule has 0 aliphatic rings. The van der Waals surface area contributed by atoms with Crippen LogP contribution in [0.3, 0.4) is 0 Å². The Morgan fingerprint density at radius 3 is 2.43 bits per heavy atom. The first-order valence-corrected chi connectivity index (χ1v) is 5.41. The minimum atomic E-state index is 0.906. The van der Waals surface area contributed by atoms with Gasteiger partial charge < -0.3 is 5.32 Å². The molecule has 1 nitrogen and oxygen atoms in total. The molecule has 0 aliphatic carbocycles. The van der Waals surface area contributed by atoms with Crippen LogP contribution in [-0.2, 0) is 6.54 Å². The molecule has 1 aromatic carbocycles. The van der Waals surface area contributed by atoms with Crippen LogP contribution in [-0.4, -0.2) is 6.54 Å². The van der Waals surface area contributed by atoms with E-state index in [1.54, 1.807) is 0 Å². The molecular formula is C12H18ClN. The zero-order valence-corrected chi connectivity index (χ0v) is 10.1. The molecule has 1 N–H and O–H groups in total. The quantitative estimate of drug-likeness (QED) is 0.809. The lowest BCUT2D eigenvalue weighted by Gasteiger charge is -2.13. The van der Waals surface area contributed by atoms with E-state index in [4.69, 9.17) is 11.6 Å². The molecule has 0 amide bonds. The van der Waals surface area contributed by atoms with Crippen molar-refractivity contribution in [3.8, 4) is 0 Å². The molecule has 0 fully saturated rings. The van der Waals surface area contributed by atoms with Crippen molar-refractivity contribution in [1.29, 1.82) is 0 Å². The molecule has 0 spiro atoms. The molecule has 0 aromatic heterocycles. The Morgan fingerprint density at radius 1 is 1.21 bits per heavy atom. The van der Waals surface area contributed by atoms with E-state index in [1.165, 1.54) is 22.3 Å². The zero-order valence-electron chi connectivity index (χ0n) is 9.37. The summed E-state index contributed by atoms with van der Waals surface area (Å²) in [5.74, 6) is 0. The fraction of sp³-hybridized carbons (Fsp3) is 0.500. The Bertz CT molecular complexity index is 332. The van der Waals surface area contributed by atoms with Crippen molar-refractivity contribution in [3.63, 3.8) is 0 Å². The third-order valence-electron chi connectivity index (χ3n) is 2.59. The maximum atomic E-state index is 6.21. The van der Waals surface area contributed by atoms with Crippen molar-refractivity contribution < 1.29 is 0 Å². The molecule has 0 aliphatic heterocycles. The molecule has 0 radical (unpaired) electrons. The molecule has 0 bridgehead atoms. The molecule has 1 rings (SSSR count). The van der Waals surface area contributed by atoms with Gasteiger partial charge in [0.1, 0.15) is 0 Å². The molecule has 0 atom stereocenters. The molecule has 0 unspecified atom stereocenters. The number of benzene rings is 1. The highest BCUT2D eigenvalue weighted by atomic mass is 35.5. The summed E-state index contributed by atoms with van der Waals surface area (Å²) in [4.78, 5) is 0. The third kappa shape index (κ3) is 2.28. The van der Waals surface area contributed by atoms with Gasteiger partial charge in [-0.1, -0.05) is 24.6 Å². The predicted octanol–water partition coefficient (Wildman–Crippen LogP) is 3.37. The Kier molecular flexibility index (Phi) is 3.97. The Labute approximate surface area is 91.5 Å². The van der Waals surface area contributed by atoms with Gasteiger partial charge in [0.25, 0.3) is 0 Å². The van der Waals surface area contributed by atoms with Gasteiger partial charge in [-0.15, -0.1) is 0 Å². The van der Waals surface area contributed by atoms with E-state index in [0.717, 1.165) is 18.1 Å². The van der Waals surface area contributed by atoms with Crippen molar-refractivity contribution in [2.75, 3.05) is 6.54 Å². The van der Waals surface area contributed by atoms with Crippen LogP contribution >= 0.6 is 11.6 Å². The van der Waals surface area contributed by atoms with Gasteiger partial charge in [-0.05, 0) is 49.6 Å². The Hall–Kier alpha value is -0.530. The van der Waals surface area contributed by atoms with Crippen molar-refractivity contribution in [1.82, 2.24) is 5.32 Å². The van der Waals surface area contributed by atoms with Gasteiger partial charge in [-0.2, -0.15) is 0 Å². The molecule has 2 heteroatoms. The normalized spacial score (nSPS) is 10.6. The Morgan fingerprint density at radius 2 is 1.86 bits per heavy atom. The van der Waals surface area contributed by atoms with Gasteiger partial charge in [0, 0.05) is 11.6 Å². The SMILES string of the molecule is CCNCc1c(C)cc(C)c(Cl)c1C. The zero-order chi connectivity index (χ0) is 10.7. The lowest BCUT2D eigenvalue weighted by molar-refractivity contribution is 0.720. The molecule has 0 saturated carbocycles.